The Labute approximate surface area is 129 Å². The second-order valence-corrected chi connectivity index (χ2v) is 7.38. The minimum atomic E-state index is -0.652. The van der Waals surface area contributed by atoms with Crippen LogP contribution in [0.3, 0.4) is 0 Å². The van der Waals surface area contributed by atoms with E-state index in [9.17, 15) is 5.11 Å². The van der Waals surface area contributed by atoms with Gasteiger partial charge in [0.15, 0.2) is 0 Å². The molecule has 0 aromatic carbocycles. The number of hydroxylamine groups is 2. The van der Waals surface area contributed by atoms with Gasteiger partial charge in [-0.2, -0.15) is 5.06 Å². The highest BCUT2D eigenvalue weighted by Crippen LogP contribution is 2.18. The van der Waals surface area contributed by atoms with Gasteiger partial charge in [0.25, 0.3) is 0 Å². The molecule has 5 heteroatoms. The maximum Gasteiger partial charge on any atom is 0.0815 e. The first-order valence-corrected chi connectivity index (χ1v) is 8.01. The van der Waals surface area contributed by atoms with Crippen molar-refractivity contribution in [1.82, 2.24) is 5.06 Å². The van der Waals surface area contributed by atoms with Gasteiger partial charge in [0.2, 0.25) is 0 Å². The molecule has 0 radical (unpaired) electrons. The van der Waals surface area contributed by atoms with Crippen molar-refractivity contribution in [3.63, 3.8) is 0 Å². The highest BCUT2D eigenvalue weighted by molar-refractivity contribution is 4.70. The molecule has 1 N–H and O–H groups in total. The molecule has 0 aromatic rings. The summed E-state index contributed by atoms with van der Waals surface area (Å²) in [6.45, 7) is 13.4. The molecule has 1 rings (SSSR count). The molecule has 1 aliphatic heterocycles. The van der Waals surface area contributed by atoms with Crippen LogP contribution >= 0.6 is 0 Å². The molecular weight excluding hydrogens is 270 g/mol. The molecule has 0 unspecified atom stereocenters. The minimum absolute atomic E-state index is 0.123. The van der Waals surface area contributed by atoms with Crippen LogP contribution in [0, 0.1) is 0 Å². The highest BCUT2D eigenvalue weighted by Gasteiger charge is 2.23. The van der Waals surface area contributed by atoms with Crippen LogP contribution in [0.4, 0.5) is 0 Å². The largest absolute Gasteiger partial charge is 0.390 e. The normalized spacial score (nSPS) is 19.1. The molecule has 21 heavy (non-hydrogen) atoms. The van der Waals surface area contributed by atoms with Gasteiger partial charge in [0.05, 0.1) is 30.5 Å². The summed E-state index contributed by atoms with van der Waals surface area (Å²) >= 11 is 0. The Morgan fingerprint density at radius 1 is 1.00 bits per heavy atom. The van der Waals surface area contributed by atoms with Crippen molar-refractivity contribution in [3.8, 4) is 0 Å². The van der Waals surface area contributed by atoms with Crippen LogP contribution in [0.25, 0.3) is 0 Å². The number of aliphatic hydroxyl groups is 1. The topological polar surface area (TPSA) is 51.2 Å². The summed E-state index contributed by atoms with van der Waals surface area (Å²) in [6.07, 6.45) is 2.96. The van der Waals surface area contributed by atoms with Crippen LogP contribution in [0.15, 0.2) is 0 Å². The van der Waals surface area contributed by atoms with E-state index in [1.54, 1.807) is 13.8 Å². The zero-order valence-corrected chi connectivity index (χ0v) is 14.4. The summed E-state index contributed by atoms with van der Waals surface area (Å²) < 4.78 is 11.3. The third-order valence-corrected chi connectivity index (χ3v) is 3.24. The monoisotopic (exact) mass is 303 g/mol. The Kier molecular flexibility index (Phi) is 7.57. The first-order valence-electron chi connectivity index (χ1n) is 8.01. The third-order valence-electron chi connectivity index (χ3n) is 3.24. The lowest BCUT2D eigenvalue weighted by molar-refractivity contribution is -0.243. The molecule has 0 spiro atoms. The van der Waals surface area contributed by atoms with Gasteiger partial charge >= 0.3 is 0 Å². The molecule has 0 aromatic heterocycles. The maximum absolute atomic E-state index is 9.56. The zero-order valence-electron chi connectivity index (χ0n) is 14.4. The van der Waals surface area contributed by atoms with E-state index in [4.69, 9.17) is 14.3 Å². The zero-order chi connectivity index (χ0) is 15.9. The van der Waals surface area contributed by atoms with Gasteiger partial charge in [-0.15, -0.1) is 0 Å². The Balaban J connectivity index is 2.01. The van der Waals surface area contributed by atoms with Crippen molar-refractivity contribution in [1.29, 1.82) is 0 Å². The molecule has 1 aliphatic rings. The number of hydrogen-bond donors (Lipinski definition) is 1. The van der Waals surface area contributed by atoms with E-state index in [1.807, 2.05) is 5.06 Å². The van der Waals surface area contributed by atoms with E-state index < -0.39 is 5.60 Å². The number of ether oxygens (including phenoxy) is 2. The SMILES string of the molecule is CC(C)(O)CCOCCOC1CCN(OC(C)(C)C)CC1. The fraction of sp³-hybridized carbons (Fsp3) is 1.00. The summed E-state index contributed by atoms with van der Waals surface area (Å²) in [5.74, 6) is 0. The van der Waals surface area contributed by atoms with Crippen molar-refractivity contribution in [2.75, 3.05) is 32.9 Å². The van der Waals surface area contributed by atoms with E-state index in [0.29, 0.717) is 32.3 Å². The standard InChI is InChI=1S/C16H33NO4/c1-15(2,3)21-17-9-6-14(7-10-17)20-13-12-19-11-8-16(4,5)18/h14,18H,6-13H2,1-5H3. The van der Waals surface area contributed by atoms with E-state index in [1.165, 1.54) is 0 Å². The molecule has 0 atom stereocenters. The minimum Gasteiger partial charge on any atom is -0.390 e. The van der Waals surface area contributed by atoms with Crippen LogP contribution in [0.5, 0.6) is 0 Å². The lowest BCUT2D eigenvalue weighted by atomic mass is 10.1. The first kappa shape index (κ1) is 18.8. The van der Waals surface area contributed by atoms with E-state index >= 15 is 0 Å². The molecule has 0 aliphatic carbocycles. The van der Waals surface area contributed by atoms with Gasteiger partial charge in [0.1, 0.15) is 0 Å². The Bertz CT molecular complexity index is 275. The lowest BCUT2D eigenvalue weighted by Crippen LogP contribution is -2.41. The smallest absolute Gasteiger partial charge is 0.0815 e. The number of nitrogens with zero attached hydrogens (tertiary/aromatic N) is 1. The molecule has 1 heterocycles. The summed E-state index contributed by atoms with van der Waals surface area (Å²) in [5.41, 5.74) is -0.775. The van der Waals surface area contributed by atoms with Crippen LogP contribution in [-0.2, 0) is 14.3 Å². The van der Waals surface area contributed by atoms with E-state index in [0.717, 1.165) is 25.9 Å². The van der Waals surface area contributed by atoms with Gasteiger partial charge < -0.3 is 14.6 Å². The van der Waals surface area contributed by atoms with Gasteiger partial charge in [-0.25, -0.2) is 0 Å². The van der Waals surface area contributed by atoms with Crippen LogP contribution in [0.1, 0.15) is 53.9 Å². The van der Waals surface area contributed by atoms with Crippen LogP contribution < -0.4 is 0 Å². The summed E-state index contributed by atoms with van der Waals surface area (Å²) in [7, 11) is 0. The summed E-state index contributed by atoms with van der Waals surface area (Å²) in [6, 6.07) is 0. The van der Waals surface area contributed by atoms with Crippen molar-refractivity contribution < 1.29 is 19.4 Å². The van der Waals surface area contributed by atoms with Gasteiger partial charge in [0, 0.05) is 19.7 Å². The highest BCUT2D eigenvalue weighted by atomic mass is 16.7. The number of rotatable bonds is 8. The first-order chi connectivity index (χ1) is 9.66. The van der Waals surface area contributed by atoms with Crippen molar-refractivity contribution in [2.24, 2.45) is 0 Å². The average molecular weight is 303 g/mol. The van der Waals surface area contributed by atoms with Crippen LogP contribution in [0.2, 0.25) is 0 Å². The van der Waals surface area contributed by atoms with Crippen LogP contribution in [-0.4, -0.2) is 60.4 Å². The second-order valence-electron chi connectivity index (χ2n) is 7.38. The fourth-order valence-corrected chi connectivity index (χ4v) is 2.18. The summed E-state index contributed by atoms with van der Waals surface area (Å²) in [4.78, 5) is 5.85. The number of piperidine rings is 1. The quantitative estimate of drug-likeness (QED) is 0.698. The molecule has 126 valence electrons. The molecule has 5 nitrogen and oxygen atoms in total. The van der Waals surface area contributed by atoms with Gasteiger partial charge in [-0.05, 0) is 53.9 Å². The Morgan fingerprint density at radius 3 is 2.14 bits per heavy atom. The Morgan fingerprint density at radius 2 is 1.62 bits per heavy atom. The maximum atomic E-state index is 9.56. The average Bonchev–Trinajstić information content (AvgIpc) is 2.32. The molecule has 1 saturated heterocycles. The van der Waals surface area contributed by atoms with E-state index in [-0.39, 0.29) is 5.60 Å². The third kappa shape index (κ3) is 10.2. The molecular formula is C16H33NO4. The molecule has 0 saturated carbocycles. The van der Waals surface area contributed by atoms with Crippen molar-refractivity contribution in [2.45, 2.75) is 71.2 Å². The predicted octanol–water partition coefficient (Wildman–Crippen LogP) is 2.38. The molecule has 1 fully saturated rings. The number of hydrogen-bond acceptors (Lipinski definition) is 5. The molecule has 0 bridgehead atoms. The second kappa shape index (κ2) is 8.44. The predicted molar refractivity (Wildman–Crippen MR) is 83.1 cm³/mol. The summed E-state index contributed by atoms with van der Waals surface area (Å²) in [5, 5.41) is 11.6. The fourth-order valence-electron chi connectivity index (χ4n) is 2.18. The lowest BCUT2D eigenvalue weighted by Gasteiger charge is -2.35. The van der Waals surface area contributed by atoms with Crippen molar-refractivity contribution >= 4 is 0 Å². The molecule has 0 amide bonds. The van der Waals surface area contributed by atoms with Crippen molar-refractivity contribution in [3.05, 3.63) is 0 Å². The van der Waals surface area contributed by atoms with Gasteiger partial charge in [-0.1, -0.05) is 0 Å². The van der Waals surface area contributed by atoms with E-state index in [2.05, 4.69) is 20.8 Å². The Hall–Kier alpha value is -0.200. The van der Waals surface area contributed by atoms with Gasteiger partial charge in [-0.3, -0.25) is 4.84 Å².